The lowest BCUT2D eigenvalue weighted by molar-refractivity contribution is -0.287. The quantitative estimate of drug-likeness (QED) is 0.137. The van der Waals surface area contributed by atoms with Crippen LogP contribution < -0.4 is 0 Å². The van der Waals surface area contributed by atoms with Crippen LogP contribution in [0.3, 0.4) is 0 Å². The van der Waals surface area contributed by atoms with Gasteiger partial charge in [0.05, 0.1) is 47.1 Å². The van der Waals surface area contributed by atoms with Crippen LogP contribution in [0.4, 0.5) is 0 Å². The third-order valence-electron chi connectivity index (χ3n) is 7.99. The van der Waals surface area contributed by atoms with Gasteiger partial charge in [-0.2, -0.15) is 0 Å². The van der Waals surface area contributed by atoms with Gasteiger partial charge in [0.2, 0.25) is 12.6 Å². The average Bonchev–Trinajstić information content (AvgIpc) is 3.02. The van der Waals surface area contributed by atoms with Gasteiger partial charge in [0.25, 0.3) is 0 Å². The van der Waals surface area contributed by atoms with Crippen molar-refractivity contribution >= 4 is 45.9 Å². The van der Waals surface area contributed by atoms with E-state index in [0.29, 0.717) is 33.2 Å². The third-order valence-corrected chi connectivity index (χ3v) is 7.99. The molecule has 0 saturated carbocycles. The predicted octanol–water partition coefficient (Wildman–Crippen LogP) is -0.249. The van der Waals surface area contributed by atoms with E-state index in [4.69, 9.17) is 28.4 Å². The number of aliphatic hydroxyl groups excluding tert-OH is 4. The molecule has 48 heavy (non-hydrogen) atoms. The first kappa shape index (κ1) is 35.0. The summed E-state index contributed by atoms with van der Waals surface area (Å²) in [6.45, 7) is 5.20. The predicted molar refractivity (Wildman–Crippen MR) is 160 cm³/mol. The Hall–Kier alpha value is -4.32. The van der Waals surface area contributed by atoms with Gasteiger partial charge in [-0.1, -0.05) is 24.3 Å². The number of esters is 4. The van der Waals surface area contributed by atoms with Gasteiger partial charge in [0.1, 0.15) is 12.2 Å². The molecule has 2 aliphatic heterocycles. The van der Waals surface area contributed by atoms with Crippen LogP contribution in [0.25, 0.3) is 22.1 Å². The van der Waals surface area contributed by atoms with Gasteiger partial charge in [-0.3, -0.25) is 19.2 Å². The number of nitrogens with zero attached hydrogens (tertiary/aromatic N) is 2. The zero-order valence-electron chi connectivity index (χ0n) is 26.4. The Balaban J connectivity index is 1.31. The molecule has 0 aliphatic carbocycles. The summed E-state index contributed by atoms with van der Waals surface area (Å²) in [5.74, 6) is -3.05. The number of fused-ring (bicyclic) bond motifs is 2. The molecule has 0 spiro atoms. The SMILES string of the molecule is CC(=O)OC1C(O)C(C)OC(OC(=O)Cc2cccc3nc4c(CC(=O)OC5OC(C)C(O)C(OC(C)=O)C5O)cccc4nc23)C1O. The summed E-state index contributed by atoms with van der Waals surface area (Å²) in [6, 6.07) is 9.93. The second-order valence-corrected chi connectivity index (χ2v) is 11.7. The van der Waals surface area contributed by atoms with E-state index in [0.717, 1.165) is 13.8 Å². The number of para-hydroxylation sites is 2. The first-order valence-electron chi connectivity index (χ1n) is 15.2. The van der Waals surface area contributed by atoms with Crippen LogP contribution in [0.2, 0.25) is 0 Å². The molecule has 3 aromatic rings. The second-order valence-electron chi connectivity index (χ2n) is 11.7. The smallest absolute Gasteiger partial charge is 0.312 e. The summed E-state index contributed by atoms with van der Waals surface area (Å²) in [4.78, 5) is 58.2. The Morgan fingerprint density at radius 2 is 1.00 bits per heavy atom. The van der Waals surface area contributed by atoms with E-state index in [2.05, 4.69) is 9.97 Å². The summed E-state index contributed by atoms with van der Waals surface area (Å²) in [6.07, 6.45) is -14.1. The topological polar surface area (TPSA) is 230 Å². The largest absolute Gasteiger partial charge is 0.457 e. The van der Waals surface area contributed by atoms with Crippen molar-refractivity contribution in [3.63, 3.8) is 0 Å². The van der Waals surface area contributed by atoms with Crippen LogP contribution in [-0.2, 0) is 60.4 Å². The highest BCUT2D eigenvalue weighted by Crippen LogP contribution is 2.28. The van der Waals surface area contributed by atoms with Crippen molar-refractivity contribution in [1.82, 2.24) is 9.97 Å². The highest BCUT2D eigenvalue weighted by molar-refractivity contribution is 5.92. The number of aromatic nitrogens is 2. The fourth-order valence-electron chi connectivity index (χ4n) is 5.62. The number of ether oxygens (including phenoxy) is 6. The maximum atomic E-state index is 13.0. The molecule has 16 nitrogen and oxygen atoms in total. The maximum absolute atomic E-state index is 13.0. The molecule has 2 aliphatic rings. The lowest BCUT2D eigenvalue weighted by atomic mass is 9.99. The fourth-order valence-corrected chi connectivity index (χ4v) is 5.62. The summed E-state index contributed by atoms with van der Waals surface area (Å²) < 4.78 is 31.7. The van der Waals surface area contributed by atoms with Gasteiger partial charge in [-0.25, -0.2) is 9.97 Å². The minimum absolute atomic E-state index is 0.295. The first-order chi connectivity index (χ1) is 22.7. The van der Waals surface area contributed by atoms with Crippen molar-refractivity contribution in [3.8, 4) is 0 Å². The van der Waals surface area contributed by atoms with Crippen molar-refractivity contribution in [2.24, 2.45) is 0 Å². The van der Waals surface area contributed by atoms with Crippen LogP contribution in [0.1, 0.15) is 38.8 Å². The molecule has 2 fully saturated rings. The van der Waals surface area contributed by atoms with Crippen LogP contribution in [0.15, 0.2) is 36.4 Å². The minimum atomic E-state index is -1.64. The normalized spacial score (nSPS) is 30.4. The highest BCUT2D eigenvalue weighted by Gasteiger charge is 2.48. The molecule has 0 amide bonds. The van der Waals surface area contributed by atoms with E-state index < -0.39 is 85.3 Å². The van der Waals surface area contributed by atoms with Gasteiger partial charge in [0.15, 0.2) is 24.4 Å². The monoisotopic (exact) mass is 672 g/mol. The molecule has 2 aromatic carbocycles. The van der Waals surface area contributed by atoms with E-state index in [-0.39, 0.29) is 12.8 Å². The Morgan fingerprint density at radius 3 is 1.35 bits per heavy atom. The van der Waals surface area contributed by atoms with Crippen LogP contribution in [-0.4, -0.2) is 116 Å². The number of aliphatic hydroxyl groups is 4. The van der Waals surface area contributed by atoms with Crippen molar-refractivity contribution in [2.45, 2.75) is 102 Å². The first-order valence-corrected chi connectivity index (χ1v) is 15.2. The lowest BCUT2D eigenvalue weighted by Crippen LogP contribution is -2.59. The van der Waals surface area contributed by atoms with E-state index >= 15 is 0 Å². The van der Waals surface area contributed by atoms with E-state index in [9.17, 15) is 39.6 Å². The number of carbonyl (C=O) groups is 4. The summed E-state index contributed by atoms with van der Waals surface area (Å²) in [5.41, 5.74) is 2.41. The van der Waals surface area contributed by atoms with Gasteiger partial charge in [-0.05, 0) is 37.1 Å². The standard InChI is InChI=1S/C32H36N2O14/c1-13-25(39)29(45-15(3)35)27(41)31(43-13)47-21(37)11-17-7-5-9-19-23(17)33-20-10-6-8-18(24(20)34-19)12-22(38)48-32-28(42)30(46-16(4)36)26(40)14(2)44-32/h5-10,13-14,25-32,39-42H,11-12H2,1-4H3. The Bertz CT molecular complexity index is 1580. The molecular weight excluding hydrogens is 636 g/mol. The molecule has 2 saturated heterocycles. The maximum Gasteiger partial charge on any atom is 0.312 e. The van der Waals surface area contributed by atoms with Crippen molar-refractivity contribution in [2.75, 3.05) is 0 Å². The molecule has 0 bridgehead atoms. The number of hydrogen-bond donors (Lipinski definition) is 4. The van der Waals surface area contributed by atoms with Crippen molar-refractivity contribution in [3.05, 3.63) is 47.5 Å². The zero-order chi connectivity index (χ0) is 34.9. The van der Waals surface area contributed by atoms with Crippen molar-refractivity contribution < 1.29 is 68.0 Å². The average molecular weight is 673 g/mol. The lowest BCUT2D eigenvalue weighted by Gasteiger charge is -2.40. The molecule has 16 heteroatoms. The van der Waals surface area contributed by atoms with Crippen LogP contribution in [0, 0.1) is 0 Å². The summed E-state index contributed by atoms with van der Waals surface area (Å²) in [5, 5.41) is 41.7. The van der Waals surface area contributed by atoms with E-state index in [1.54, 1.807) is 36.4 Å². The molecule has 4 N–H and O–H groups in total. The molecule has 10 atom stereocenters. The van der Waals surface area contributed by atoms with Gasteiger partial charge in [0, 0.05) is 13.8 Å². The zero-order valence-corrected chi connectivity index (χ0v) is 26.4. The number of rotatable bonds is 8. The minimum Gasteiger partial charge on any atom is -0.457 e. The molecule has 1 aromatic heterocycles. The van der Waals surface area contributed by atoms with Gasteiger partial charge < -0.3 is 48.8 Å². The Morgan fingerprint density at radius 1 is 0.625 bits per heavy atom. The molecule has 5 rings (SSSR count). The molecular formula is C32H36N2O14. The number of carbonyl (C=O) groups excluding carboxylic acids is 4. The summed E-state index contributed by atoms with van der Waals surface area (Å²) >= 11 is 0. The number of benzene rings is 2. The van der Waals surface area contributed by atoms with E-state index in [1.165, 1.54) is 13.8 Å². The van der Waals surface area contributed by atoms with Gasteiger partial charge in [-0.15, -0.1) is 0 Å². The fraction of sp³-hybridized carbons (Fsp3) is 0.500. The van der Waals surface area contributed by atoms with Crippen LogP contribution in [0.5, 0.6) is 0 Å². The molecule has 258 valence electrons. The second kappa shape index (κ2) is 14.4. The van der Waals surface area contributed by atoms with Crippen LogP contribution >= 0.6 is 0 Å². The molecule has 10 unspecified atom stereocenters. The van der Waals surface area contributed by atoms with Gasteiger partial charge >= 0.3 is 23.9 Å². The third kappa shape index (κ3) is 7.53. The van der Waals surface area contributed by atoms with Crippen molar-refractivity contribution in [1.29, 1.82) is 0 Å². The molecule has 0 radical (unpaired) electrons. The van der Waals surface area contributed by atoms with E-state index in [1.807, 2.05) is 0 Å². The number of hydrogen-bond acceptors (Lipinski definition) is 16. The Labute approximate surface area is 273 Å². The summed E-state index contributed by atoms with van der Waals surface area (Å²) in [7, 11) is 0. The Kier molecular flexibility index (Phi) is 10.5. The molecule has 3 heterocycles. The highest BCUT2D eigenvalue weighted by atomic mass is 16.7.